The highest BCUT2D eigenvalue weighted by Gasteiger charge is 2.27. The number of nitrogens with zero attached hydrogens (tertiary/aromatic N) is 1. The van der Waals surface area contributed by atoms with Crippen LogP contribution in [0.25, 0.3) is 0 Å². The third-order valence-electron chi connectivity index (χ3n) is 5.00. The van der Waals surface area contributed by atoms with Crippen LogP contribution < -0.4 is 5.32 Å². The van der Waals surface area contributed by atoms with Crippen molar-refractivity contribution in [2.24, 2.45) is 0 Å². The summed E-state index contributed by atoms with van der Waals surface area (Å²) >= 11 is 0. The van der Waals surface area contributed by atoms with Crippen LogP contribution in [0, 0.1) is 0 Å². The number of hydrogen-bond donors (Lipinski definition) is 1. The summed E-state index contributed by atoms with van der Waals surface area (Å²) < 4.78 is 5.34. The molecular formula is C23H28N2O3. The Bertz CT molecular complexity index is 741. The van der Waals surface area contributed by atoms with Crippen molar-refractivity contribution in [3.63, 3.8) is 0 Å². The molecular weight excluding hydrogens is 352 g/mol. The van der Waals surface area contributed by atoms with Crippen molar-refractivity contribution in [3.05, 3.63) is 71.8 Å². The molecule has 28 heavy (non-hydrogen) atoms. The van der Waals surface area contributed by atoms with Crippen molar-refractivity contribution >= 4 is 12.0 Å². The minimum absolute atomic E-state index is 0.0255. The van der Waals surface area contributed by atoms with Crippen molar-refractivity contribution in [3.8, 4) is 0 Å². The maximum atomic E-state index is 13.1. The lowest BCUT2D eigenvalue weighted by Gasteiger charge is -2.26. The number of amides is 2. The molecule has 1 N–H and O–H groups in total. The van der Waals surface area contributed by atoms with Crippen LogP contribution in [-0.4, -0.2) is 36.0 Å². The average molecular weight is 380 g/mol. The summed E-state index contributed by atoms with van der Waals surface area (Å²) in [5, 5.41) is 2.80. The van der Waals surface area contributed by atoms with Crippen LogP contribution in [0.15, 0.2) is 60.7 Å². The lowest BCUT2D eigenvalue weighted by atomic mass is 10.0. The largest absolute Gasteiger partial charge is 0.445 e. The molecule has 0 spiro atoms. The van der Waals surface area contributed by atoms with Crippen molar-refractivity contribution < 1.29 is 14.3 Å². The third kappa shape index (κ3) is 6.12. The Kier molecular flexibility index (Phi) is 7.47. The van der Waals surface area contributed by atoms with Gasteiger partial charge in [-0.2, -0.15) is 0 Å². The van der Waals surface area contributed by atoms with Gasteiger partial charge in [-0.3, -0.25) is 4.79 Å². The normalized spacial score (nSPS) is 15.4. The number of hydrogen-bond acceptors (Lipinski definition) is 3. The van der Waals surface area contributed by atoms with Gasteiger partial charge in [-0.05, 0) is 24.0 Å². The van der Waals surface area contributed by atoms with E-state index in [0.29, 0.717) is 6.42 Å². The first-order valence-corrected chi connectivity index (χ1v) is 10.0. The van der Waals surface area contributed by atoms with Crippen molar-refractivity contribution in [1.82, 2.24) is 10.2 Å². The second kappa shape index (κ2) is 10.5. The molecule has 0 aromatic heterocycles. The van der Waals surface area contributed by atoms with Gasteiger partial charge in [-0.25, -0.2) is 4.79 Å². The van der Waals surface area contributed by atoms with Crippen molar-refractivity contribution in [2.75, 3.05) is 13.1 Å². The average Bonchev–Trinajstić information content (AvgIpc) is 3.02. The Balaban J connectivity index is 1.64. The summed E-state index contributed by atoms with van der Waals surface area (Å²) in [7, 11) is 0. The molecule has 2 aromatic carbocycles. The number of ether oxygens (including phenoxy) is 1. The first kappa shape index (κ1) is 19.9. The van der Waals surface area contributed by atoms with Crippen LogP contribution in [-0.2, 0) is 22.6 Å². The first-order chi connectivity index (χ1) is 13.7. The second-order valence-corrected chi connectivity index (χ2v) is 7.19. The van der Waals surface area contributed by atoms with E-state index in [1.165, 1.54) is 0 Å². The summed E-state index contributed by atoms with van der Waals surface area (Å²) in [5.41, 5.74) is 1.93. The number of likely N-dealkylation sites (tertiary alicyclic amines) is 1. The maximum Gasteiger partial charge on any atom is 0.408 e. The van der Waals surface area contributed by atoms with Crippen LogP contribution in [0.2, 0.25) is 0 Å². The van der Waals surface area contributed by atoms with E-state index in [-0.39, 0.29) is 12.5 Å². The highest BCUT2D eigenvalue weighted by atomic mass is 16.5. The zero-order valence-corrected chi connectivity index (χ0v) is 16.2. The van der Waals surface area contributed by atoms with Crippen LogP contribution in [0.3, 0.4) is 0 Å². The molecule has 148 valence electrons. The Labute approximate surface area is 166 Å². The number of rotatable bonds is 6. The molecule has 2 aromatic rings. The molecule has 5 heteroatoms. The molecule has 1 fully saturated rings. The molecule has 1 atom stereocenters. The Hall–Kier alpha value is -2.82. The van der Waals surface area contributed by atoms with Gasteiger partial charge in [0.2, 0.25) is 5.91 Å². The standard InChI is InChI=1S/C23H28N2O3/c26-22(25-15-9-1-2-10-16-25)21(17-19-11-5-3-6-12-19)24-23(27)28-18-20-13-7-4-8-14-20/h3-8,11-14,21H,1-2,9-10,15-18H2,(H,24,27)/t21-/m0/s1. The molecule has 0 unspecified atom stereocenters. The lowest BCUT2D eigenvalue weighted by Crippen LogP contribution is -2.50. The van der Waals surface area contributed by atoms with Gasteiger partial charge in [-0.15, -0.1) is 0 Å². The number of alkyl carbamates (subject to hydrolysis) is 1. The van der Waals surface area contributed by atoms with Gasteiger partial charge in [0, 0.05) is 19.5 Å². The van der Waals surface area contributed by atoms with E-state index < -0.39 is 12.1 Å². The Morgan fingerprint density at radius 2 is 1.43 bits per heavy atom. The van der Waals surface area contributed by atoms with Gasteiger partial charge in [0.25, 0.3) is 0 Å². The van der Waals surface area contributed by atoms with Crippen LogP contribution in [0.4, 0.5) is 4.79 Å². The smallest absolute Gasteiger partial charge is 0.408 e. The van der Waals surface area contributed by atoms with E-state index in [1.807, 2.05) is 65.6 Å². The van der Waals surface area contributed by atoms with Gasteiger partial charge in [-0.1, -0.05) is 73.5 Å². The third-order valence-corrected chi connectivity index (χ3v) is 5.00. The highest BCUT2D eigenvalue weighted by molar-refractivity contribution is 5.86. The minimum Gasteiger partial charge on any atom is -0.445 e. The van der Waals surface area contributed by atoms with E-state index in [1.54, 1.807) is 0 Å². The van der Waals surface area contributed by atoms with Crippen LogP contribution in [0.5, 0.6) is 0 Å². The molecule has 5 nitrogen and oxygen atoms in total. The zero-order chi connectivity index (χ0) is 19.6. The molecule has 0 radical (unpaired) electrons. The van der Waals surface area contributed by atoms with Gasteiger partial charge in [0.1, 0.15) is 12.6 Å². The van der Waals surface area contributed by atoms with Gasteiger partial charge in [0.15, 0.2) is 0 Å². The molecule has 0 bridgehead atoms. The van der Waals surface area contributed by atoms with Gasteiger partial charge >= 0.3 is 6.09 Å². The first-order valence-electron chi connectivity index (χ1n) is 10.0. The molecule has 1 saturated heterocycles. The molecule has 3 rings (SSSR count). The zero-order valence-electron chi connectivity index (χ0n) is 16.2. The molecule has 0 saturated carbocycles. The van der Waals surface area contributed by atoms with E-state index in [9.17, 15) is 9.59 Å². The summed E-state index contributed by atoms with van der Waals surface area (Å²) in [4.78, 5) is 27.4. The fourth-order valence-electron chi connectivity index (χ4n) is 3.47. The molecule has 2 amide bonds. The van der Waals surface area contributed by atoms with Gasteiger partial charge < -0.3 is 15.0 Å². The van der Waals surface area contributed by atoms with E-state index >= 15 is 0 Å². The maximum absolute atomic E-state index is 13.1. The fraction of sp³-hybridized carbons (Fsp3) is 0.391. The minimum atomic E-state index is -0.622. The SMILES string of the molecule is O=C(N[C@@H](Cc1ccccc1)C(=O)N1CCCCCC1)OCc1ccccc1. The predicted octanol–water partition coefficient (Wildman–Crippen LogP) is 3.93. The molecule has 1 aliphatic heterocycles. The van der Waals surface area contributed by atoms with E-state index in [4.69, 9.17) is 4.74 Å². The van der Waals surface area contributed by atoms with Crippen LogP contribution >= 0.6 is 0 Å². The highest BCUT2D eigenvalue weighted by Crippen LogP contribution is 2.13. The predicted molar refractivity (Wildman–Crippen MR) is 109 cm³/mol. The van der Waals surface area contributed by atoms with Crippen LogP contribution in [0.1, 0.15) is 36.8 Å². The number of benzene rings is 2. The Morgan fingerprint density at radius 1 is 0.857 bits per heavy atom. The number of nitrogens with one attached hydrogen (secondary N) is 1. The molecule has 0 aliphatic carbocycles. The summed E-state index contributed by atoms with van der Waals surface area (Å²) in [5.74, 6) is -0.0255. The molecule has 1 heterocycles. The fourth-order valence-corrected chi connectivity index (χ4v) is 3.47. The summed E-state index contributed by atoms with van der Waals surface area (Å²) in [6.45, 7) is 1.69. The van der Waals surface area contributed by atoms with Crippen molar-refractivity contribution in [2.45, 2.75) is 44.8 Å². The summed E-state index contributed by atoms with van der Waals surface area (Å²) in [6.07, 6.45) is 4.23. The molecule has 1 aliphatic rings. The van der Waals surface area contributed by atoms with E-state index in [0.717, 1.165) is 49.9 Å². The monoisotopic (exact) mass is 380 g/mol. The van der Waals surface area contributed by atoms with Gasteiger partial charge in [0.05, 0.1) is 0 Å². The van der Waals surface area contributed by atoms with Crippen molar-refractivity contribution in [1.29, 1.82) is 0 Å². The lowest BCUT2D eigenvalue weighted by molar-refractivity contribution is -0.133. The topological polar surface area (TPSA) is 58.6 Å². The summed E-state index contributed by atoms with van der Waals surface area (Å²) in [6, 6.07) is 18.7. The van der Waals surface area contributed by atoms with E-state index in [2.05, 4.69) is 5.32 Å². The quantitative estimate of drug-likeness (QED) is 0.826. The number of carbonyl (C=O) groups is 2. The Morgan fingerprint density at radius 3 is 2.04 bits per heavy atom. The second-order valence-electron chi connectivity index (χ2n) is 7.19. The number of carbonyl (C=O) groups excluding carboxylic acids is 2.